The highest BCUT2D eigenvalue weighted by atomic mass is 35.5. The van der Waals surface area contributed by atoms with E-state index in [1.807, 2.05) is 47.2 Å². The molecule has 0 amide bonds. The van der Waals surface area contributed by atoms with Crippen molar-refractivity contribution in [2.24, 2.45) is 4.99 Å². The number of hydrogen-bond donors (Lipinski definition) is 0. The van der Waals surface area contributed by atoms with Gasteiger partial charge in [-0.15, -0.1) is 0 Å². The van der Waals surface area contributed by atoms with Crippen LogP contribution in [0, 0.1) is 5.82 Å². The highest BCUT2D eigenvalue weighted by Gasteiger charge is 2.35. The normalized spacial score (nSPS) is 15.1. The highest BCUT2D eigenvalue weighted by molar-refractivity contribution is 7.07. The molecule has 7 nitrogen and oxygen atoms in total. The van der Waals surface area contributed by atoms with Crippen molar-refractivity contribution in [1.29, 1.82) is 0 Å². The van der Waals surface area contributed by atoms with Crippen molar-refractivity contribution in [2.75, 3.05) is 14.2 Å². The Morgan fingerprint density at radius 2 is 1.88 bits per heavy atom. The molecule has 0 N–H and O–H groups in total. The fourth-order valence-corrected chi connectivity index (χ4v) is 6.60. The predicted octanol–water partition coefficient (Wildman–Crippen LogP) is 5.21. The summed E-state index contributed by atoms with van der Waals surface area (Å²) in [5.74, 6) is -0.418. The van der Waals surface area contributed by atoms with Gasteiger partial charge in [-0.25, -0.2) is 14.2 Å². The number of nitrogens with zero attached hydrogens (tertiary/aromatic N) is 3. The molecule has 0 fully saturated rings. The summed E-state index contributed by atoms with van der Waals surface area (Å²) in [5.41, 5.74) is 3.13. The number of methoxy groups -OCH3 is 2. The fraction of sp³-hybridized carbons (Fsp3) is 0.156. The van der Waals surface area contributed by atoms with E-state index in [2.05, 4.69) is 4.99 Å². The standard InChI is InChI=1S/C32H25ClFN3O4S/c1-18-28(31(39)41-3)29(23-15-21(33)12-13-26(23)40-2)37-30(38)27(42-32(37)35-18)14-20-17-36(25-11-7-5-9-22(20)25)16-19-8-4-6-10-24(19)34/h4-15,17,29H,16H2,1-3H3/b27-14-/t29-/m1/s1. The second kappa shape index (κ2) is 11.1. The minimum Gasteiger partial charge on any atom is -0.496 e. The maximum absolute atomic E-state index is 14.5. The molecule has 0 saturated carbocycles. The van der Waals surface area contributed by atoms with Crippen LogP contribution in [0.5, 0.6) is 5.75 Å². The van der Waals surface area contributed by atoms with Crippen molar-refractivity contribution in [2.45, 2.75) is 19.5 Å². The van der Waals surface area contributed by atoms with Gasteiger partial charge >= 0.3 is 5.97 Å². The molecule has 0 unspecified atom stereocenters. The Morgan fingerprint density at radius 3 is 2.64 bits per heavy atom. The van der Waals surface area contributed by atoms with Gasteiger partial charge < -0.3 is 14.0 Å². The molecule has 42 heavy (non-hydrogen) atoms. The van der Waals surface area contributed by atoms with Crippen LogP contribution in [-0.2, 0) is 16.1 Å². The van der Waals surface area contributed by atoms with Crippen LogP contribution in [0.25, 0.3) is 17.0 Å². The van der Waals surface area contributed by atoms with Gasteiger partial charge in [0.05, 0.1) is 36.6 Å². The van der Waals surface area contributed by atoms with E-state index in [0.717, 1.165) is 16.5 Å². The number of carbonyl (C=O) groups excluding carboxylic acids is 1. The number of benzene rings is 3. The minimum absolute atomic E-state index is 0.221. The Morgan fingerprint density at radius 1 is 1.12 bits per heavy atom. The molecule has 0 bridgehead atoms. The number of thiazole rings is 1. The summed E-state index contributed by atoms with van der Waals surface area (Å²) in [7, 11) is 2.80. The summed E-state index contributed by atoms with van der Waals surface area (Å²) < 4.78 is 29.1. The van der Waals surface area contributed by atoms with Gasteiger partial charge in [0, 0.05) is 38.8 Å². The fourth-order valence-electron chi connectivity index (χ4n) is 5.38. The number of carbonyl (C=O) groups is 1. The Kier molecular flexibility index (Phi) is 7.30. The summed E-state index contributed by atoms with van der Waals surface area (Å²) in [6.45, 7) is 2.04. The lowest BCUT2D eigenvalue weighted by Crippen LogP contribution is -2.40. The van der Waals surface area contributed by atoms with E-state index in [0.29, 0.717) is 43.5 Å². The first-order valence-corrected chi connectivity index (χ1v) is 14.3. The quantitative estimate of drug-likeness (QED) is 0.250. The van der Waals surface area contributed by atoms with Crippen LogP contribution in [0.4, 0.5) is 4.39 Å². The van der Waals surface area contributed by atoms with Gasteiger partial charge in [-0.1, -0.05) is 59.3 Å². The van der Waals surface area contributed by atoms with E-state index in [1.54, 1.807) is 37.3 Å². The van der Waals surface area contributed by atoms with Gasteiger partial charge in [-0.05, 0) is 43.3 Å². The smallest absolute Gasteiger partial charge is 0.338 e. The van der Waals surface area contributed by atoms with E-state index < -0.39 is 12.0 Å². The molecule has 6 rings (SSSR count). The second-order valence-electron chi connectivity index (χ2n) is 9.78. The molecule has 0 saturated heterocycles. The lowest BCUT2D eigenvalue weighted by molar-refractivity contribution is -0.136. The molecule has 0 aliphatic carbocycles. The molecular weight excluding hydrogens is 577 g/mol. The summed E-state index contributed by atoms with van der Waals surface area (Å²) in [5, 5.41) is 1.34. The second-order valence-corrected chi connectivity index (χ2v) is 11.2. The van der Waals surface area contributed by atoms with E-state index in [-0.39, 0.29) is 16.9 Å². The molecule has 0 radical (unpaired) electrons. The zero-order valence-corrected chi connectivity index (χ0v) is 24.5. The van der Waals surface area contributed by atoms with E-state index in [4.69, 9.17) is 21.1 Å². The van der Waals surface area contributed by atoms with Crippen molar-refractivity contribution in [3.63, 3.8) is 0 Å². The third-order valence-electron chi connectivity index (χ3n) is 7.32. The van der Waals surface area contributed by atoms with Gasteiger partial charge in [0.1, 0.15) is 17.6 Å². The predicted molar refractivity (Wildman–Crippen MR) is 161 cm³/mol. The van der Waals surface area contributed by atoms with Crippen LogP contribution in [0.1, 0.15) is 29.7 Å². The zero-order chi connectivity index (χ0) is 29.5. The van der Waals surface area contributed by atoms with E-state index >= 15 is 0 Å². The first-order chi connectivity index (χ1) is 20.3. The first kappa shape index (κ1) is 27.7. The SMILES string of the molecule is COC(=O)C1=C(C)N=c2s/c(=C\c3cn(Cc4ccccc4F)c4ccccc34)c(=O)n2[C@@H]1c1cc(Cl)ccc1OC. The average molecular weight is 602 g/mol. The molecular formula is C32H25ClFN3O4S. The maximum atomic E-state index is 14.5. The average Bonchev–Trinajstić information content (AvgIpc) is 3.49. The van der Waals surface area contributed by atoms with Gasteiger partial charge in [0.15, 0.2) is 4.80 Å². The molecule has 0 spiro atoms. The maximum Gasteiger partial charge on any atom is 0.338 e. The number of fused-ring (bicyclic) bond motifs is 2. The van der Waals surface area contributed by atoms with Gasteiger partial charge in [-0.3, -0.25) is 9.36 Å². The Labute approximate surface area is 249 Å². The van der Waals surface area contributed by atoms with E-state index in [9.17, 15) is 14.0 Å². The zero-order valence-electron chi connectivity index (χ0n) is 22.9. The molecule has 3 heterocycles. The number of esters is 1. The number of para-hydroxylation sites is 1. The number of hydrogen-bond acceptors (Lipinski definition) is 6. The molecule has 10 heteroatoms. The number of halogens is 2. The van der Waals surface area contributed by atoms with E-state index in [1.165, 1.54) is 36.2 Å². The topological polar surface area (TPSA) is 74.8 Å². The van der Waals surface area contributed by atoms with Gasteiger partial charge in [0.25, 0.3) is 5.56 Å². The van der Waals surface area contributed by atoms with Crippen molar-refractivity contribution in [3.05, 3.63) is 131 Å². The number of allylic oxidation sites excluding steroid dienone is 1. The van der Waals surface area contributed by atoms with Crippen LogP contribution < -0.4 is 19.6 Å². The summed E-state index contributed by atoms with van der Waals surface area (Å²) >= 11 is 7.59. The summed E-state index contributed by atoms with van der Waals surface area (Å²) in [6, 6.07) is 18.6. The van der Waals surface area contributed by atoms with Crippen molar-refractivity contribution in [1.82, 2.24) is 9.13 Å². The van der Waals surface area contributed by atoms with Crippen molar-refractivity contribution < 1.29 is 18.7 Å². The van der Waals surface area contributed by atoms with Crippen LogP contribution in [0.3, 0.4) is 0 Å². The lowest BCUT2D eigenvalue weighted by atomic mass is 9.95. The number of rotatable bonds is 6. The third-order valence-corrected chi connectivity index (χ3v) is 8.54. The third kappa shape index (κ3) is 4.74. The summed E-state index contributed by atoms with van der Waals surface area (Å²) in [6.07, 6.45) is 3.73. The van der Waals surface area contributed by atoms with Crippen LogP contribution in [-0.4, -0.2) is 29.3 Å². The molecule has 1 atom stereocenters. The number of ether oxygens (including phenoxy) is 2. The molecule has 1 aliphatic rings. The monoisotopic (exact) mass is 601 g/mol. The van der Waals surface area contributed by atoms with Crippen molar-refractivity contribution in [3.8, 4) is 5.75 Å². The first-order valence-electron chi connectivity index (χ1n) is 13.1. The van der Waals surface area contributed by atoms with Gasteiger partial charge in [0.2, 0.25) is 0 Å². The van der Waals surface area contributed by atoms with Crippen LogP contribution in [0.15, 0.2) is 94.0 Å². The highest BCUT2D eigenvalue weighted by Crippen LogP contribution is 2.37. The lowest BCUT2D eigenvalue weighted by Gasteiger charge is -2.25. The Hall–Kier alpha value is -4.47. The summed E-state index contributed by atoms with van der Waals surface area (Å²) in [4.78, 5) is 32.2. The molecule has 3 aromatic carbocycles. The molecule has 5 aromatic rings. The molecule has 212 valence electrons. The minimum atomic E-state index is -0.869. The van der Waals surface area contributed by atoms with Crippen LogP contribution in [0.2, 0.25) is 5.02 Å². The molecule has 2 aromatic heterocycles. The Bertz CT molecular complexity index is 2090. The largest absolute Gasteiger partial charge is 0.496 e. The van der Waals surface area contributed by atoms with Crippen molar-refractivity contribution >= 4 is 45.9 Å². The van der Waals surface area contributed by atoms with Gasteiger partial charge in [-0.2, -0.15) is 0 Å². The van der Waals surface area contributed by atoms with Crippen LogP contribution >= 0.6 is 22.9 Å². The number of aromatic nitrogens is 2. The molecule has 1 aliphatic heterocycles. The Balaban J connectivity index is 1.56.